The fourth-order valence-corrected chi connectivity index (χ4v) is 3.41. The maximum Gasteiger partial charge on any atom is 0.157 e. The molecule has 1 aliphatic rings. The molecule has 0 unspecified atom stereocenters. The number of hydrogen-bond donors (Lipinski definition) is 0. The highest BCUT2D eigenvalue weighted by Crippen LogP contribution is 2.27. The zero-order chi connectivity index (χ0) is 17.9. The van der Waals surface area contributed by atoms with Crippen LogP contribution in [0.2, 0.25) is 5.02 Å². The molecule has 0 radical (unpaired) electrons. The lowest BCUT2D eigenvalue weighted by atomic mass is 10.1. The van der Waals surface area contributed by atoms with Crippen LogP contribution in [0.1, 0.15) is 28.6 Å². The van der Waals surface area contributed by atoms with Gasteiger partial charge >= 0.3 is 0 Å². The summed E-state index contributed by atoms with van der Waals surface area (Å²) in [6.45, 7) is 5.17. The molecule has 0 amide bonds. The minimum Gasteiger partial charge on any atom is -0.356 e. The summed E-state index contributed by atoms with van der Waals surface area (Å²) >= 11 is 6.05. The lowest BCUT2D eigenvalue weighted by Gasteiger charge is -2.21. The van der Waals surface area contributed by atoms with Crippen LogP contribution < -0.4 is 0 Å². The van der Waals surface area contributed by atoms with Crippen molar-refractivity contribution in [1.29, 1.82) is 0 Å². The first-order valence-electron chi connectivity index (χ1n) is 8.73. The summed E-state index contributed by atoms with van der Waals surface area (Å²) < 4.78 is 7.75. The zero-order valence-corrected chi connectivity index (χ0v) is 15.4. The van der Waals surface area contributed by atoms with Crippen LogP contribution in [0.4, 0.5) is 0 Å². The van der Waals surface area contributed by atoms with Gasteiger partial charge in [-0.15, -0.1) is 5.10 Å². The Balaban J connectivity index is 1.46. The van der Waals surface area contributed by atoms with E-state index in [0.717, 1.165) is 29.4 Å². The van der Waals surface area contributed by atoms with Crippen LogP contribution >= 0.6 is 11.6 Å². The number of benzene rings is 2. The molecule has 1 atom stereocenters. The van der Waals surface area contributed by atoms with Crippen LogP contribution in [0, 0.1) is 6.92 Å². The van der Waals surface area contributed by atoms with E-state index in [1.54, 1.807) is 0 Å². The minimum absolute atomic E-state index is 0.149. The Morgan fingerprint density at radius 1 is 1.12 bits per heavy atom. The van der Waals surface area contributed by atoms with Gasteiger partial charge in [-0.05, 0) is 30.2 Å². The van der Waals surface area contributed by atoms with Crippen LogP contribution in [0.5, 0.6) is 0 Å². The molecule has 1 fully saturated rings. The Morgan fingerprint density at radius 3 is 2.77 bits per heavy atom. The summed E-state index contributed by atoms with van der Waals surface area (Å²) in [5, 5.41) is 9.32. The number of rotatable bonds is 5. The van der Waals surface area contributed by atoms with Crippen molar-refractivity contribution in [2.24, 2.45) is 0 Å². The average molecular weight is 369 g/mol. The van der Waals surface area contributed by atoms with Crippen molar-refractivity contribution in [3.05, 3.63) is 82.1 Å². The molecule has 1 aromatic heterocycles. The summed E-state index contributed by atoms with van der Waals surface area (Å²) in [7, 11) is 0. The molecule has 2 aromatic carbocycles. The van der Waals surface area contributed by atoms with Crippen LogP contribution in [-0.4, -0.2) is 33.0 Å². The van der Waals surface area contributed by atoms with Crippen LogP contribution in [0.15, 0.2) is 54.7 Å². The van der Waals surface area contributed by atoms with Crippen molar-refractivity contribution in [3.63, 3.8) is 0 Å². The number of aryl methyl sites for hydroxylation is 1. The van der Waals surface area contributed by atoms with Gasteiger partial charge in [-0.2, -0.15) is 0 Å². The third-order valence-corrected chi connectivity index (χ3v) is 4.77. The largest absolute Gasteiger partial charge is 0.356 e. The van der Waals surface area contributed by atoms with Crippen molar-refractivity contribution in [3.8, 4) is 0 Å². The van der Waals surface area contributed by atoms with Gasteiger partial charge in [-0.1, -0.05) is 58.8 Å². The predicted octanol–water partition coefficient (Wildman–Crippen LogP) is 3.82. The summed E-state index contributed by atoms with van der Waals surface area (Å²) in [6.07, 6.45) is 1.81. The zero-order valence-electron chi connectivity index (χ0n) is 14.7. The normalized spacial score (nSPS) is 17.7. The van der Waals surface area contributed by atoms with Crippen molar-refractivity contribution in [1.82, 2.24) is 19.9 Å². The standard InChI is InChI=1S/C20H21ClN4O/c1-15-5-7-16(8-6-15)12-24-9-10-26-20(24)19-14-25(23-22-19)13-17-3-2-4-18(21)11-17/h2-8,11,14,20H,9-10,12-13H2,1H3/t20-/m0/s1. The summed E-state index contributed by atoms with van der Waals surface area (Å²) in [6, 6.07) is 16.4. The lowest BCUT2D eigenvalue weighted by molar-refractivity contribution is 0.0252. The molecule has 0 bridgehead atoms. The Hall–Kier alpha value is -2.21. The van der Waals surface area contributed by atoms with Gasteiger partial charge in [0.1, 0.15) is 5.69 Å². The Kier molecular flexibility index (Phi) is 5.02. The molecule has 0 aliphatic carbocycles. The van der Waals surface area contributed by atoms with E-state index >= 15 is 0 Å². The smallest absolute Gasteiger partial charge is 0.157 e. The maximum absolute atomic E-state index is 6.05. The van der Waals surface area contributed by atoms with E-state index in [9.17, 15) is 0 Å². The van der Waals surface area contributed by atoms with Crippen molar-refractivity contribution >= 4 is 11.6 Å². The topological polar surface area (TPSA) is 43.2 Å². The highest BCUT2D eigenvalue weighted by Gasteiger charge is 2.29. The second-order valence-electron chi connectivity index (χ2n) is 6.65. The molecule has 6 heteroatoms. The molecule has 1 aliphatic heterocycles. The molecule has 26 heavy (non-hydrogen) atoms. The van der Waals surface area contributed by atoms with Crippen LogP contribution in [0.25, 0.3) is 0 Å². The third-order valence-electron chi connectivity index (χ3n) is 4.54. The number of nitrogens with zero attached hydrogens (tertiary/aromatic N) is 4. The molecule has 0 spiro atoms. The van der Waals surface area contributed by atoms with E-state index in [2.05, 4.69) is 46.4 Å². The van der Waals surface area contributed by atoms with Gasteiger partial charge in [0, 0.05) is 18.1 Å². The Labute approximate surface area is 158 Å². The SMILES string of the molecule is Cc1ccc(CN2CCO[C@H]2c2cn(Cc3cccc(Cl)c3)nn2)cc1. The second-order valence-corrected chi connectivity index (χ2v) is 7.09. The van der Waals surface area contributed by atoms with E-state index in [1.165, 1.54) is 11.1 Å². The van der Waals surface area contributed by atoms with Crippen molar-refractivity contribution in [2.45, 2.75) is 26.2 Å². The van der Waals surface area contributed by atoms with Crippen LogP contribution in [0.3, 0.4) is 0 Å². The monoisotopic (exact) mass is 368 g/mol. The average Bonchev–Trinajstić information content (AvgIpc) is 3.26. The Morgan fingerprint density at radius 2 is 1.96 bits per heavy atom. The van der Waals surface area contributed by atoms with E-state index in [4.69, 9.17) is 16.3 Å². The summed E-state index contributed by atoms with van der Waals surface area (Å²) in [5.41, 5.74) is 4.48. The van der Waals surface area contributed by atoms with Gasteiger partial charge in [0.25, 0.3) is 0 Å². The molecule has 2 heterocycles. The van der Waals surface area contributed by atoms with Crippen molar-refractivity contribution in [2.75, 3.05) is 13.2 Å². The molecule has 134 valence electrons. The highest BCUT2D eigenvalue weighted by atomic mass is 35.5. The van der Waals surface area contributed by atoms with E-state index < -0.39 is 0 Å². The van der Waals surface area contributed by atoms with Gasteiger partial charge < -0.3 is 4.74 Å². The highest BCUT2D eigenvalue weighted by molar-refractivity contribution is 6.30. The van der Waals surface area contributed by atoms with Crippen molar-refractivity contribution < 1.29 is 4.74 Å². The predicted molar refractivity (Wildman–Crippen MR) is 101 cm³/mol. The van der Waals surface area contributed by atoms with E-state index in [0.29, 0.717) is 13.2 Å². The molecule has 0 N–H and O–H groups in total. The first kappa shape index (κ1) is 17.2. The molecule has 1 saturated heterocycles. The third kappa shape index (κ3) is 3.96. The van der Waals surface area contributed by atoms with Gasteiger partial charge in [0.2, 0.25) is 0 Å². The molecule has 3 aromatic rings. The van der Waals surface area contributed by atoms with Gasteiger partial charge in [0.15, 0.2) is 6.23 Å². The Bertz CT molecular complexity index is 878. The quantitative estimate of drug-likeness (QED) is 0.686. The summed E-state index contributed by atoms with van der Waals surface area (Å²) in [5.74, 6) is 0. The number of hydrogen-bond acceptors (Lipinski definition) is 4. The molecule has 4 rings (SSSR count). The second kappa shape index (κ2) is 7.58. The van der Waals surface area contributed by atoms with Gasteiger partial charge in [-0.25, -0.2) is 4.68 Å². The lowest BCUT2D eigenvalue weighted by Crippen LogP contribution is -2.23. The molecule has 0 saturated carbocycles. The first-order chi connectivity index (χ1) is 12.7. The minimum atomic E-state index is -0.149. The van der Waals surface area contributed by atoms with E-state index in [-0.39, 0.29) is 6.23 Å². The fraction of sp³-hybridized carbons (Fsp3) is 0.300. The molecule has 5 nitrogen and oxygen atoms in total. The van der Waals surface area contributed by atoms with Gasteiger partial charge in [-0.3, -0.25) is 4.90 Å². The molecular weight excluding hydrogens is 348 g/mol. The number of ether oxygens (including phenoxy) is 1. The van der Waals surface area contributed by atoms with Gasteiger partial charge in [0.05, 0.1) is 19.3 Å². The number of halogens is 1. The number of aromatic nitrogens is 3. The first-order valence-corrected chi connectivity index (χ1v) is 9.11. The summed E-state index contributed by atoms with van der Waals surface area (Å²) in [4.78, 5) is 2.29. The van der Waals surface area contributed by atoms with Crippen LogP contribution in [-0.2, 0) is 17.8 Å². The van der Waals surface area contributed by atoms with E-state index in [1.807, 2.05) is 35.1 Å². The fourth-order valence-electron chi connectivity index (χ4n) is 3.19. The maximum atomic E-state index is 6.05. The molecular formula is C20H21ClN4O.